The maximum absolute atomic E-state index is 10.2. The number of benzene rings is 1. The van der Waals surface area contributed by atoms with E-state index in [-0.39, 0.29) is 0 Å². The van der Waals surface area contributed by atoms with Gasteiger partial charge in [0, 0.05) is 37.6 Å². The molecule has 0 spiro atoms. The Morgan fingerprint density at radius 1 is 1.30 bits per heavy atom. The van der Waals surface area contributed by atoms with Crippen LogP contribution in [0, 0.1) is 0 Å². The van der Waals surface area contributed by atoms with Crippen molar-refractivity contribution in [3.05, 3.63) is 48.0 Å². The molecule has 6 heteroatoms. The first-order valence-electron chi connectivity index (χ1n) is 7.86. The molecule has 2 heterocycles. The summed E-state index contributed by atoms with van der Waals surface area (Å²) >= 11 is 0. The van der Waals surface area contributed by atoms with Gasteiger partial charge in [-0.25, -0.2) is 4.98 Å². The van der Waals surface area contributed by atoms with Gasteiger partial charge in [0.05, 0.1) is 33.0 Å². The minimum atomic E-state index is -0.508. The quantitative estimate of drug-likeness (QED) is 0.834. The van der Waals surface area contributed by atoms with Crippen LogP contribution >= 0.6 is 0 Å². The van der Waals surface area contributed by atoms with Gasteiger partial charge < -0.3 is 19.1 Å². The minimum absolute atomic E-state index is 0.309. The van der Waals surface area contributed by atoms with Crippen LogP contribution in [0.25, 0.3) is 0 Å². The molecule has 1 aromatic heterocycles. The number of aliphatic hydroxyl groups excluding tert-OH is 1. The fourth-order valence-electron chi connectivity index (χ4n) is 2.86. The third-order valence-corrected chi connectivity index (χ3v) is 4.05. The summed E-state index contributed by atoms with van der Waals surface area (Å²) in [5.74, 6) is 1.86. The van der Waals surface area contributed by atoms with E-state index < -0.39 is 6.10 Å². The lowest BCUT2D eigenvalue weighted by molar-refractivity contribution is 0.00497. The van der Waals surface area contributed by atoms with E-state index in [1.165, 1.54) is 0 Å². The average molecular weight is 317 g/mol. The van der Waals surface area contributed by atoms with Gasteiger partial charge in [-0.05, 0) is 6.07 Å². The van der Waals surface area contributed by atoms with Crippen molar-refractivity contribution >= 4 is 0 Å². The number of rotatable bonds is 7. The highest BCUT2D eigenvalue weighted by molar-refractivity contribution is 5.32. The highest BCUT2D eigenvalue weighted by Crippen LogP contribution is 2.18. The number of nitrogens with zero attached hydrogens (tertiary/aromatic N) is 3. The summed E-state index contributed by atoms with van der Waals surface area (Å²) in [7, 11) is 1.65. The van der Waals surface area contributed by atoms with Gasteiger partial charge in [0.1, 0.15) is 11.6 Å². The van der Waals surface area contributed by atoms with Gasteiger partial charge in [-0.2, -0.15) is 0 Å². The second-order valence-corrected chi connectivity index (χ2v) is 5.75. The number of fused-ring (bicyclic) bond motifs is 1. The topological polar surface area (TPSA) is 59.8 Å². The number of β-amino-alcohol motifs (C(OH)–C–C–N with tert-alkyl or cyclic N) is 1. The Morgan fingerprint density at radius 2 is 2.17 bits per heavy atom. The summed E-state index contributed by atoms with van der Waals surface area (Å²) in [6, 6.07) is 7.76. The van der Waals surface area contributed by atoms with E-state index in [1.54, 1.807) is 7.11 Å². The number of imidazole rings is 1. The molecule has 0 fully saturated rings. The fraction of sp³-hybridized carbons (Fsp3) is 0.471. The Morgan fingerprint density at radius 3 is 3.04 bits per heavy atom. The van der Waals surface area contributed by atoms with Crippen molar-refractivity contribution in [2.75, 3.05) is 26.8 Å². The zero-order valence-corrected chi connectivity index (χ0v) is 13.4. The Hall–Kier alpha value is -1.89. The van der Waals surface area contributed by atoms with Crippen molar-refractivity contribution in [2.24, 2.45) is 0 Å². The van der Waals surface area contributed by atoms with Gasteiger partial charge in [-0.3, -0.25) is 4.90 Å². The lowest BCUT2D eigenvalue weighted by Gasteiger charge is -2.29. The summed E-state index contributed by atoms with van der Waals surface area (Å²) in [4.78, 5) is 6.54. The predicted octanol–water partition coefficient (Wildman–Crippen LogP) is 1.28. The van der Waals surface area contributed by atoms with E-state index in [0.717, 1.165) is 36.8 Å². The van der Waals surface area contributed by atoms with Crippen LogP contribution in [0.15, 0.2) is 36.7 Å². The standard InChI is InChI=1S/C17H23N3O3/c1-22-16-5-3-2-4-14(16)12-23-13-15(21)10-19-8-9-20-7-6-18-17(20)11-19/h2-7,15,21H,8-13H2,1H3/t15-/m0/s1. The lowest BCUT2D eigenvalue weighted by Crippen LogP contribution is -2.40. The molecule has 1 aliphatic heterocycles. The molecule has 23 heavy (non-hydrogen) atoms. The van der Waals surface area contributed by atoms with E-state index in [4.69, 9.17) is 9.47 Å². The number of hydrogen-bond acceptors (Lipinski definition) is 5. The molecule has 2 aromatic rings. The van der Waals surface area contributed by atoms with Crippen LogP contribution < -0.4 is 4.74 Å². The monoisotopic (exact) mass is 317 g/mol. The van der Waals surface area contributed by atoms with Crippen LogP contribution in [-0.2, 0) is 24.4 Å². The van der Waals surface area contributed by atoms with Crippen molar-refractivity contribution in [1.82, 2.24) is 14.5 Å². The maximum Gasteiger partial charge on any atom is 0.124 e. The number of methoxy groups -OCH3 is 1. The predicted molar refractivity (Wildman–Crippen MR) is 86.2 cm³/mol. The summed E-state index contributed by atoms with van der Waals surface area (Å²) in [5, 5.41) is 10.2. The van der Waals surface area contributed by atoms with Gasteiger partial charge in [-0.1, -0.05) is 18.2 Å². The van der Waals surface area contributed by atoms with Crippen molar-refractivity contribution in [2.45, 2.75) is 25.8 Å². The third-order valence-electron chi connectivity index (χ3n) is 4.05. The van der Waals surface area contributed by atoms with Crippen molar-refractivity contribution in [3.8, 4) is 5.75 Å². The van der Waals surface area contributed by atoms with Crippen LogP contribution in [0.3, 0.4) is 0 Å². The largest absolute Gasteiger partial charge is 0.496 e. The molecule has 124 valence electrons. The molecule has 1 aromatic carbocycles. The first kappa shape index (κ1) is 16.0. The normalized spacial score (nSPS) is 16.1. The van der Waals surface area contributed by atoms with Crippen LogP contribution in [0.5, 0.6) is 5.75 Å². The Balaban J connectivity index is 1.42. The van der Waals surface area contributed by atoms with Crippen LogP contribution in [0.2, 0.25) is 0 Å². The van der Waals surface area contributed by atoms with Crippen LogP contribution in [0.4, 0.5) is 0 Å². The molecule has 3 rings (SSSR count). The number of hydrogen-bond donors (Lipinski definition) is 1. The van der Waals surface area contributed by atoms with Gasteiger partial charge in [0.2, 0.25) is 0 Å². The van der Waals surface area contributed by atoms with E-state index in [1.807, 2.05) is 36.7 Å². The molecular formula is C17H23N3O3. The summed E-state index contributed by atoms with van der Waals surface area (Å²) in [6.45, 7) is 3.96. The summed E-state index contributed by atoms with van der Waals surface area (Å²) in [5.41, 5.74) is 0.988. The van der Waals surface area contributed by atoms with Gasteiger partial charge in [0.25, 0.3) is 0 Å². The SMILES string of the molecule is COc1ccccc1COC[C@@H](O)CN1CCn2ccnc2C1. The first-order chi connectivity index (χ1) is 11.3. The smallest absolute Gasteiger partial charge is 0.124 e. The maximum atomic E-state index is 10.2. The number of aromatic nitrogens is 2. The number of aliphatic hydroxyl groups is 1. The van der Waals surface area contributed by atoms with Crippen molar-refractivity contribution in [3.63, 3.8) is 0 Å². The van der Waals surface area contributed by atoms with Crippen LogP contribution in [-0.4, -0.2) is 52.5 Å². The second-order valence-electron chi connectivity index (χ2n) is 5.75. The van der Waals surface area contributed by atoms with E-state index in [2.05, 4.69) is 14.5 Å². The molecule has 1 atom stereocenters. The van der Waals surface area contributed by atoms with Gasteiger partial charge >= 0.3 is 0 Å². The Bertz CT molecular complexity index is 629. The van der Waals surface area contributed by atoms with Gasteiger partial charge in [-0.15, -0.1) is 0 Å². The molecule has 1 aliphatic rings. The summed E-state index contributed by atoms with van der Waals surface area (Å²) < 4.78 is 13.1. The molecule has 0 radical (unpaired) electrons. The average Bonchev–Trinajstić information content (AvgIpc) is 3.03. The number of ether oxygens (including phenoxy) is 2. The molecule has 1 N–H and O–H groups in total. The fourth-order valence-corrected chi connectivity index (χ4v) is 2.86. The zero-order chi connectivity index (χ0) is 16.1. The molecule has 0 saturated carbocycles. The van der Waals surface area contributed by atoms with E-state index in [0.29, 0.717) is 19.8 Å². The third kappa shape index (κ3) is 4.10. The molecule has 0 unspecified atom stereocenters. The highest BCUT2D eigenvalue weighted by atomic mass is 16.5. The molecule has 0 bridgehead atoms. The number of para-hydroxylation sites is 1. The first-order valence-corrected chi connectivity index (χ1v) is 7.86. The van der Waals surface area contributed by atoms with Crippen molar-refractivity contribution in [1.29, 1.82) is 0 Å². The Kier molecular flexibility index (Phi) is 5.27. The second kappa shape index (κ2) is 7.59. The Labute approximate surface area is 136 Å². The lowest BCUT2D eigenvalue weighted by atomic mass is 10.2. The highest BCUT2D eigenvalue weighted by Gasteiger charge is 2.19. The molecule has 6 nitrogen and oxygen atoms in total. The van der Waals surface area contributed by atoms with Crippen molar-refractivity contribution < 1.29 is 14.6 Å². The molecule has 0 amide bonds. The molecule has 0 aliphatic carbocycles. The summed E-state index contributed by atoms with van der Waals surface area (Å²) in [6.07, 6.45) is 3.32. The minimum Gasteiger partial charge on any atom is -0.496 e. The van der Waals surface area contributed by atoms with E-state index >= 15 is 0 Å². The molecular weight excluding hydrogens is 294 g/mol. The zero-order valence-electron chi connectivity index (χ0n) is 13.4. The van der Waals surface area contributed by atoms with Gasteiger partial charge in [0.15, 0.2) is 0 Å². The van der Waals surface area contributed by atoms with Crippen LogP contribution in [0.1, 0.15) is 11.4 Å². The molecule has 0 saturated heterocycles. The van der Waals surface area contributed by atoms with E-state index in [9.17, 15) is 5.11 Å².